The molecule has 150 valence electrons. The van der Waals surface area contributed by atoms with E-state index in [0.29, 0.717) is 10.7 Å². The quantitative estimate of drug-likeness (QED) is 0.699. The van der Waals surface area contributed by atoms with E-state index in [9.17, 15) is 13.2 Å². The van der Waals surface area contributed by atoms with Gasteiger partial charge in [-0.25, -0.2) is 8.42 Å². The highest BCUT2D eigenvalue weighted by Gasteiger charge is 2.30. The summed E-state index contributed by atoms with van der Waals surface area (Å²) < 4.78 is 27.7. The Labute approximate surface area is 172 Å². The molecule has 5 nitrogen and oxygen atoms in total. The topological polar surface area (TPSA) is 57.7 Å². The number of amides is 1. The molecule has 0 aliphatic heterocycles. The first kappa shape index (κ1) is 20.7. The van der Waals surface area contributed by atoms with Gasteiger partial charge in [-0.05, 0) is 43.2 Å². The van der Waals surface area contributed by atoms with Crippen molar-refractivity contribution < 1.29 is 13.2 Å². The van der Waals surface area contributed by atoms with Gasteiger partial charge in [0.05, 0.1) is 10.6 Å². The second-order valence-corrected chi connectivity index (χ2v) is 9.40. The maximum Gasteiger partial charge on any atom is 0.264 e. The molecule has 0 heterocycles. The molecule has 0 atom stereocenters. The van der Waals surface area contributed by atoms with Crippen molar-refractivity contribution in [1.82, 2.24) is 4.90 Å². The fourth-order valence-electron chi connectivity index (χ4n) is 3.57. The van der Waals surface area contributed by atoms with Crippen LogP contribution in [0.3, 0.4) is 0 Å². The third-order valence-corrected chi connectivity index (χ3v) is 7.25. The number of benzene rings is 2. The highest BCUT2D eigenvalue weighted by atomic mass is 35.5. The van der Waals surface area contributed by atoms with Gasteiger partial charge >= 0.3 is 0 Å². The van der Waals surface area contributed by atoms with Crippen molar-refractivity contribution in [3.05, 3.63) is 59.6 Å². The van der Waals surface area contributed by atoms with E-state index >= 15 is 0 Å². The summed E-state index contributed by atoms with van der Waals surface area (Å²) in [5, 5.41) is 0.416. The van der Waals surface area contributed by atoms with E-state index in [4.69, 9.17) is 11.6 Å². The van der Waals surface area contributed by atoms with E-state index in [1.165, 1.54) is 18.6 Å². The molecular formula is C21H25ClN2O3S. The smallest absolute Gasteiger partial charge is 0.264 e. The van der Waals surface area contributed by atoms with E-state index in [2.05, 4.69) is 0 Å². The molecule has 0 aromatic heterocycles. The first-order valence-corrected chi connectivity index (χ1v) is 11.3. The van der Waals surface area contributed by atoms with Gasteiger partial charge in [-0.1, -0.05) is 55.1 Å². The third kappa shape index (κ3) is 4.67. The van der Waals surface area contributed by atoms with Crippen LogP contribution in [0.1, 0.15) is 32.1 Å². The van der Waals surface area contributed by atoms with Gasteiger partial charge in [-0.15, -0.1) is 0 Å². The van der Waals surface area contributed by atoms with Gasteiger partial charge in [-0.2, -0.15) is 0 Å². The summed E-state index contributed by atoms with van der Waals surface area (Å²) in [4.78, 5) is 14.8. The number of anilines is 1. The molecule has 2 aromatic rings. The zero-order valence-corrected chi connectivity index (χ0v) is 17.5. The van der Waals surface area contributed by atoms with Crippen LogP contribution in [0.4, 0.5) is 5.69 Å². The van der Waals surface area contributed by atoms with Crippen LogP contribution in [0.25, 0.3) is 0 Å². The van der Waals surface area contributed by atoms with Crippen LogP contribution in [-0.4, -0.2) is 38.9 Å². The largest absolute Gasteiger partial charge is 0.341 e. The summed E-state index contributed by atoms with van der Waals surface area (Å²) in [5.74, 6) is -0.216. The zero-order valence-electron chi connectivity index (χ0n) is 15.9. The predicted octanol–water partition coefficient (Wildman–Crippen LogP) is 4.33. The molecule has 0 unspecified atom stereocenters. The summed E-state index contributed by atoms with van der Waals surface area (Å²) in [6.07, 6.45) is 5.32. The molecule has 1 saturated carbocycles. The minimum absolute atomic E-state index is 0.142. The molecule has 0 bridgehead atoms. The number of likely N-dealkylation sites (N-methyl/N-ethyl adjacent to an activating group) is 1. The molecule has 0 saturated heterocycles. The number of nitrogens with zero attached hydrogens (tertiary/aromatic N) is 2. The molecule has 3 rings (SSSR count). The van der Waals surface area contributed by atoms with Gasteiger partial charge in [0, 0.05) is 18.1 Å². The van der Waals surface area contributed by atoms with Crippen LogP contribution in [-0.2, 0) is 14.8 Å². The molecule has 1 amide bonds. The standard InChI is InChI=1S/C21H25ClN2O3S/c1-23(18-10-4-2-5-11-18)21(25)16-24(19-12-8-9-17(22)15-19)28(26,27)20-13-6-3-7-14-20/h3,6-9,12-15,18H,2,4-5,10-11,16H2,1H3. The van der Waals surface area contributed by atoms with Crippen molar-refractivity contribution in [3.8, 4) is 0 Å². The lowest BCUT2D eigenvalue weighted by Gasteiger charge is -2.33. The van der Waals surface area contributed by atoms with Crippen LogP contribution in [0.15, 0.2) is 59.5 Å². The zero-order chi connectivity index (χ0) is 20.1. The second kappa shape index (κ2) is 8.97. The first-order valence-electron chi connectivity index (χ1n) is 9.48. The van der Waals surface area contributed by atoms with Crippen molar-refractivity contribution in [3.63, 3.8) is 0 Å². The maximum absolute atomic E-state index is 13.3. The Balaban J connectivity index is 1.92. The van der Waals surface area contributed by atoms with E-state index in [1.54, 1.807) is 54.4 Å². The Bertz CT molecular complexity index is 912. The highest BCUT2D eigenvalue weighted by Crippen LogP contribution is 2.27. The summed E-state index contributed by atoms with van der Waals surface area (Å²) in [6.45, 7) is -0.259. The van der Waals surface area contributed by atoms with Crippen molar-refractivity contribution >= 4 is 33.2 Å². The Morgan fingerprint density at radius 3 is 2.36 bits per heavy atom. The first-order chi connectivity index (χ1) is 13.4. The number of carbonyl (C=O) groups is 1. The van der Waals surface area contributed by atoms with Gasteiger partial charge in [0.15, 0.2) is 0 Å². The van der Waals surface area contributed by atoms with Crippen molar-refractivity contribution in [2.75, 3.05) is 17.9 Å². The van der Waals surface area contributed by atoms with Crippen LogP contribution in [0.2, 0.25) is 5.02 Å². The normalized spacial score (nSPS) is 15.2. The molecule has 7 heteroatoms. The fraction of sp³-hybridized carbons (Fsp3) is 0.381. The highest BCUT2D eigenvalue weighted by molar-refractivity contribution is 7.92. The number of carbonyl (C=O) groups excluding carboxylic acids is 1. The summed E-state index contributed by atoms with van der Waals surface area (Å²) in [7, 11) is -2.14. The number of sulfonamides is 1. The average molecular weight is 421 g/mol. The molecular weight excluding hydrogens is 396 g/mol. The van der Waals surface area contributed by atoms with E-state index in [-0.39, 0.29) is 23.4 Å². The Kier molecular flexibility index (Phi) is 6.62. The summed E-state index contributed by atoms with van der Waals surface area (Å²) in [5.41, 5.74) is 0.377. The second-order valence-electron chi connectivity index (χ2n) is 7.10. The average Bonchev–Trinajstić information content (AvgIpc) is 2.72. The van der Waals surface area contributed by atoms with Gasteiger partial charge in [0.25, 0.3) is 10.0 Å². The van der Waals surface area contributed by atoms with Crippen molar-refractivity contribution in [1.29, 1.82) is 0 Å². The van der Waals surface area contributed by atoms with Crippen molar-refractivity contribution in [2.45, 2.75) is 43.0 Å². The lowest BCUT2D eigenvalue weighted by atomic mass is 9.94. The third-order valence-electron chi connectivity index (χ3n) is 5.22. The number of hydrogen-bond donors (Lipinski definition) is 0. The minimum Gasteiger partial charge on any atom is -0.341 e. The molecule has 28 heavy (non-hydrogen) atoms. The Hall–Kier alpha value is -2.05. The van der Waals surface area contributed by atoms with Gasteiger partial charge in [0.1, 0.15) is 6.54 Å². The Morgan fingerprint density at radius 2 is 1.71 bits per heavy atom. The molecule has 1 fully saturated rings. The van der Waals surface area contributed by atoms with Gasteiger partial charge < -0.3 is 4.90 Å². The van der Waals surface area contributed by atoms with Gasteiger partial charge in [-0.3, -0.25) is 9.10 Å². The minimum atomic E-state index is -3.90. The van der Waals surface area contributed by atoms with Crippen LogP contribution in [0.5, 0.6) is 0 Å². The molecule has 1 aliphatic rings. The molecule has 2 aromatic carbocycles. The van der Waals surface area contributed by atoms with E-state index in [1.807, 2.05) is 0 Å². The lowest BCUT2D eigenvalue weighted by molar-refractivity contribution is -0.130. The van der Waals surface area contributed by atoms with Gasteiger partial charge in [0.2, 0.25) is 5.91 Å². The molecule has 0 spiro atoms. The summed E-state index contributed by atoms with van der Waals surface area (Å²) in [6, 6.07) is 14.9. The number of hydrogen-bond acceptors (Lipinski definition) is 3. The lowest BCUT2D eigenvalue weighted by Crippen LogP contribution is -2.45. The number of halogens is 1. The predicted molar refractivity (Wildman–Crippen MR) is 112 cm³/mol. The van der Waals surface area contributed by atoms with E-state index < -0.39 is 10.0 Å². The monoisotopic (exact) mass is 420 g/mol. The van der Waals surface area contributed by atoms with Crippen LogP contribution in [0, 0.1) is 0 Å². The SMILES string of the molecule is CN(C(=O)CN(c1cccc(Cl)c1)S(=O)(=O)c1ccccc1)C1CCCCC1. The number of rotatable bonds is 6. The molecule has 0 radical (unpaired) electrons. The van der Waals surface area contributed by atoms with Crippen LogP contribution < -0.4 is 4.31 Å². The van der Waals surface area contributed by atoms with E-state index in [0.717, 1.165) is 30.0 Å². The molecule has 1 aliphatic carbocycles. The van der Waals surface area contributed by atoms with Crippen LogP contribution >= 0.6 is 11.6 Å². The fourth-order valence-corrected chi connectivity index (χ4v) is 5.18. The summed E-state index contributed by atoms with van der Waals surface area (Å²) >= 11 is 6.09. The Morgan fingerprint density at radius 1 is 1.04 bits per heavy atom. The van der Waals surface area contributed by atoms with Crippen molar-refractivity contribution in [2.24, 2.45) is 0 Å². The maximum atomic E-state index is 13.3. The molecule has 0 N–H and O–H groups in total.